The van der Waals surface area contributed by atoms with Gasteiger partial charge in [0.15, 0.2) is 5.16 Å². The molecule has 1 heterocycles. The third-order valence-electron chi connectivity index (χ3n) is 2.80. The molecule has 0 radical (unpaired) electrons. The Morgan fingerprint density at radius 2 is 2.09 bits per heavy atom. The second-order valence-electron chi connectivity index (χ2n) is 4.89. The van der Waals surface area contributed by atoms with Crippen molar-refractivity contribution >= 4 is 29.4 Å². The molecule has 0 aliphatic rings. The topological polar surface area (TPSA) is 88.9 Å². The highest BCUT2D eigenvalue weighted by Crippen LogP contribution is 2.18. The standard InChI is InChI=1S/C14H16FN5O2S/c1-9(2)20-8-16-19-14(20)23-7-12(21)18-13(22)17-11-6-4-3-5-10(11)15/h3-6,8-9H,7H2,1-2H3,(H2,17,18,21,22). The summed E-state index contributed by atoms with van der Waals surface area (Å²) in [5, 5.41) is 12.7. The van der Waals surface area contributed by atoms with Gasteiger partial charge in [0, 0.05) is 6.04 Å². The van der Waals surface area contributed by atoms with Gasteiger partial charge >= 0.3 is 6.03 Å². The summed E-state index contributed by atoms with van der Waals surface area (Å²) in [7, 11) is 0. The van der Waals surface area contributed by atoms with E-state index in [9.17, 15) is 14.0 Å². The zero-order chi connectivity index (χ0) is 16.8. The van der Waals surface area contributed by atoms with E-state index in [1.54, 1.807) is 12.4 Å². The van der Waals surface area contributed by atoms with E-state index in [0.717, 1.165) is 11.8 Å². The molecule has 0 aliphatic carbocycles. The molecular formula is C14H16FN5O2S. The molecule has 2 aromatic rings. The van der Waals surface area contributed by atoms with Crippen LogP contribution in [0.15, 0.2) is 35.7 Å². The minimum Gasteiger partial charge on any atom is -0.306 e. The molecule has 0 bridgehead atoms. The summed E-state index contributed by atoms with van der Waals surface area (Å²) in [5.41, 5.74) is 0.00463. The van der Waals surface area contributed by atoms with E-state index in [1.165, 1.54) is 18.2 Å². The van der Waals surface area contributed by atoms with Crippen LogP contribution in [0.4, 0.5) is 14.9 Å². The van der Waals surface area contributed by atoms with Crippen LogP contribution in [-0.4, -0.2) is 32.5 Å². The Hall–Kier alpha value is -2.42. The van der Waals surface area contributed by atoms with Crippen molar-refractivity contribution in [3.63, 3.8) is 0 Å². The third-order valence-corrected chi connectivity index (χ3v) is 3.76. The predicted octanol–water partition coefficient (Wildman–Crippen LogP) is 2.44. The smallest absolute Gasteiger partial charge is 0.306 e. The Morgan fingerprint density at radius 1 is 1.35 bits per heavy atom. The van der Waals surface area contributed by atoms with Crippen molar-refractivity contribution in [2.75, 3.05) is 11.1 Å². The lowest BCUT2D eigenvalue weighted by molar-refractivity contribution is -0.117. The van der Waals surface area contributed by atoms with Gasteiger partial charge in [0.2, 0.25) is 5.91 Å². The summed E-state index contributed by atoms with van der Waals surface area (Å²) in [4.78, 5) is 23.4. The van der Waals surface area contributed by atoms with Crippen LogP contribution in [-0.2, 0) is 4.79 Å². The second kappa shape index (κ2) is 7.73. The first-order valence-corrected chi connectivity index (χ1v) is 7.83. The van der Waals surface area contributed by atoms with Crippen LogP contribution in [0.1, 0.15) is 19.9 Å². The molecule has 0 spiro atoms. The molecule has 0 fully saturated rings. The first kappa shape index (κ1) is 16.9. The summed E-state index contributed by atoms with van der Waals surface area (Å²) in [6, 6.07) is 5.08. The van der Waals surface area contributed by atoms with Crippen LogP contribution < -0.4 is 10.6 Å². The minimum atomic E-state index is -0.786. The molecule has 0 saturated carbocycles. The number of anilines is 1. The Labute approximate surface area is 136 Å². The number of hydrogen-bond donors (Lipinski definition) is 2. The summed E-state index contributed by atoms with van der Waals surface area (Å²) in [6.07, 6.45) is 1.58. The number of benzene rings is 1. The van der Waals surface area contributed by atoms with Crippen molar-refractivity contribution in [2.24, 2.45) is 0 Å². The van der Waals surface area contributed by atoms with E-state index in [0.29, 0.717) is 5.16 Å². The third kappa shape index (κ3) is 4.78. The van der Waals surface area contributed by atoms with Crippen molar-refractivity contribution in [1.29, 1.82) is 0 Å². The van der Waals surface area contributed by atoms with Gasteiger partial charge in [0.25, 0.3) is 0 Å². The molecule has 1 aromatic carbocycles. The van der Waals surface area contributed by atoms with Crippen LogP contribution in [0.5, 0.6) is 0 Å². The molecule has 2 rings (SSSR count). The number of hydrogen-bond acceptors (Lipinski definition) is 5. The molecule has 3 amide bonds. The fourth-order valence-electron chi connectivity index (χ4n) is 1.70. The maximum absolute atomic E-state index is 13.4. The van der Waals surface area contributed by atoms with Gasteiger partial charge in [0.05, 0.1) is 11.4 Å². The lowest BCUT2D eigenvalue weighted by atomic mass is 10.3. The predicted molar refractivity (Wildman–Crippen MR) is 84.7 cm³/mol. The molecule has 0 saturated heterocycles. The van der Waals surface area contributed by atoms with Crippen LogP contribution in [0.2, 0.25) is 0 Å². The summed E-state index contributed by atoms with van der Waals surface area (Å²) >= 11 is 1.16. The highest BCUT2D eigenvalue weighted by Gasteiger charge is 2.13. The highest BCUT2D eigenvalue weighted by atomic mass is 32.2. The SMILES string of the molecule is CC(C)n1cnnc1SCC(=O)NC(=O)Nc1ccccc1F. The number of nitrogens with zero attached hydrogens (tertiary/aromatic N) is 3. The Kier molecular flexibility index (Phi) is 5.69. The zero-order valence-electron chi connectivity index (χ0n) is 12.6. The Balaban J connectivity index is 1.84. The monoisotopic (exact) mass is 337 g/mol. The van der Waals surface area contributed by atoms with E-state index in [2.05, 4.69) is 20.8 Å². The van der Waals surface area contributed by atoms with Crippen molar-refractivity contribution in [2.45, 2.75) is 25.0 Å². The van der Waals surface area contributed by atoms with Crippen LogP contribution in [0.25, 0.3) is 0 Å². The molecular weight excluding hydrogens is 321 g/mol. The quantitative estimate of drug-likeness (QED) is 0.818. The number of carbonyl (C=O) groups is 2. The number of halogens is 1. The number of para-hydroxylation sites is 1. The van der Waals surface area contributed by atoms with E-state index in [1.807, 2.05) is 18.4 Å². The summed E-state index contributed by atoms with van der Waals surface area (Å²) in [6.45, 7) is 3.94. The number of amides is 3. The summed E-state index contributed by atoms with van der Waals surface area (Å²) in [5.74, 6) is -1.09. The number of nitrogens with one attached hydrogen (secondary N) is 2. The van der Waals surface area contributed by atoms with Crippen LogP contribution in [0, 0.1) is 5.82 Å². The summed E-state index contributed by atoms with van der Waals surface area (Å²) < 4.78 is 15.2. The van der Waals surface area contributed by atoms with Crippen LogP contribution in [0.3, 0.4) is 0 Å². The number of urea groups is 1. The number of aromatic nitrogens is 3. The Morgan fingerprint density at radius 3 is 2.78 bits per heavy atom. The van der Waals surface area contributed by atoms with Gasteiger partial charge in [-0.15, -0.1) is 10.2 Å². The van der Waals surface area contributed by atoms with Crippen molar-refractivity contribution in [3.05, 3.63) is 36.4 Å². The van der Waals surface area contributed by atoms with Gasteiger partial charge in [-0.2, -0.15) is 0 Å². The average molecular weight is 337 g/mol. The fourth-order valence-corrected chi connectivity index (χ4v) is 2.54. The average Bonchev–Trinajstić information content (AvgIpc) is 2.96. The molecule has 9 heteroatoms. The van der Waals surface area contributed by atoms with Gasteiger partial charge in [-0.3, -0.25) is 10.1 Å². The number of rotatable bonds is 5. The molecule has 0 atom stereocenters. The van der Waals surface area contributed by atoms with Crippen molar-refractivity contribution < 1.29 is 14.0 Å². The van der Waals surface area contributed by atoms with Gasteiger partial charge in [0.1, 0.15) is 12.1 Å². The van der Waals surface area contributed by atoms with E-state index in [-0.39, 0.29) is 17.5 Å². The van der Waals surface area contributed by atoms with Gasteiger partial charge in [-0.25, -0.2) is 9.18 Å². The van der Waals surface area contributed by atoms with E-state index >= 15 is 0 Å². The molecule has 122 valence electrons. The van der Waals surface area contributed by atoms with Crippen molar-refractivity contribution in [3.8, 4) is 0 Å². The lowest BCUT2D eigenvalue weighted by Crippen LogP contribution is -2.35. The lowest BCUT2D eigenvalue weighted by Gasteiger charge is -2.09. The molecule has 0 aliphatic heterocycles. The zero-order valence-corrected chi connectivity index (χ0v) is 13.4. The van der Waals surface area contributed by atoms with Gasteiger partial charge < -0.3 is 9.88 Å². The van der Waals surface area contributed by atoms with Crippen LogP contribution >= 0.6 is 11.8 Å². The molecule has 2 N–H and O–H groups in total. The normalized spacial score (nSPS) is 10.6. The van der Waals surface area contributed by atoms with Gasteiger partial charge in [-0.05, 0) is 26.0 Å². The van der Waals surface area contributed by atoms with Crippen molar-refractivity contribution in [1.82, 2.24) is 20.1 Å². The molecule has 23 heavy (non-hydrogen) atoms. The minimum absolute atomic E-state index is 0.00386. The first-order chi connectivity index (χ1) is 11.0. The maximum atomic E-state index is 13.4. The van der Waals surface area contributed by atoms with Gasteiger partial charge in [-0.1, -0.05) is 23.9 Å². The number of carbonyl (C=O) groups excluding carboxylic acids is 2. The fraction of sp³-hybridized carbons (Fsp3) is 0.286. The second-order valence-corrected chi connectivity index (χ2v) is 5.83. The molecule has 7 nitrogen and oxygen atoms in total. The Bertz CT molecular complexity index is 704. The van der Waals surface area contributed by atoms with E-state index in [4.69, 9.17) is 0 Å². The highest BCUT2D eigenvalue weighted by molar-refractivity contribution is 7.99. The largest absolute Gasteiger partial charge is 0.325 e. The molecule has 0 unspecified atom stereocenters. The molecule has 1 aromatic heterocycles. The first-order valence-electron chi connectivity index (χ1n) is 6.85. The van der Waals surface area contributed by atoms with E-state index < -0.39 is 17.8 Å². The number of thioether (sulfide) groups is 1. The number of imide groups is 1. The maximum Gasteiger partial charge on any atom is 0.325 e.